The van der Waals surface area contributed by atoms with E-state index in [1.54, 1.807) is 25.6 Å². The molecule has 1 aliphatic carbocycles. The molecule has 1 fully saturated rings. The van der Waals surface area contributed by atoms with E-state index in [9.17, 15) is 5.11 Å². The van der Waals surface area contributed by atoms with Gasteiger partial charge in [-0.2, -0.15) is 0 Å². The molecule has 2 N–H and O–H groups in total. The Bertz CT molecular complexity index is 655. The molecule has 0 amide bonds. The second kappa shape index (κ2) is 7.29. The van der Waals surface area contributed by atoms with Crippen LogP contribution in [0.25, 0.3) is 0 Å². The first-order chi connectivity index (χ1) is 11.2. The molecule has 0 spiro atoms. The van der Waals surface area contributed by atoms with Gasteiger partial charge >= 0.3 is 0 Å². The molecule has 6 heteroatoms. The van der Waals surface area contributed by atoms with E-state index in [2.05, 4.69) is 10.3 Å². The maximum absolute atomic E-state index is 10.4. The van der Waals surface area contributed by atoms with Gasteiger partial charge in [-0.15, -0.1) is 11.3 Å². The fourth-order valence-corrected chi connectivity index (χ4v) is 3.52. The second-order valence-corrected chi connectivity index (χ2v) is 6.84. The molecule has 0 aliphatic heterocycles. The standard InChI is InChI=1S/C17H22N2O3S/c1-21-12-5-6-16(22-2)14(7-12)15(20)10-18-8-13-9-19-17(23-13)11-3-4-11/h5-7,9,11,15,18,20H,3-4,8,10H2,1-2H3. The van der Waals surface area contributed by atoms with E-state index in [1.807, 2.05) is 24.4 Å². The number of aromatic nitrogens is 1. The lowest BCUT2D eigenvalue weighted by Gasteiger charge is -2.16. The highest BCUT2D eigenvalue weighted by Crippen LogP contribution is 2.41. The number of aliphatic hydroxyl groups is 1. The summed E-state index contributed by atoms with van der Waals surface area (Å²) in [6.45, 7) is 1.16. The third kappa shape index (κ3) is 4.02. The number of ether oxygens (including phenoxy) is 2. The van der Waals surface area contributed by atoms with Crippen molar-refractivity contribution in [1.29, 1.82) is 0 Å². The lowest BCUT2D eigenvalue weighted by molar-refractivity contribution is 0.170. The number of benzene rings is 1. The van der Waals surface area contributed by atoms with Crippen molar-refractivity contribution in [2.75, 3.05) is 20.8 Å². The van der Waals surface area contributed by atoms with Crippen molar-refractivity contribution in [3.8, 4) is 11.5 Å². The van der Waals surface area contributed by atoms with Gasteiger partial charge in [0.25, 0.3) is 0 Å². The van der Waals surface area contributed by atoms with Crippen LogP contribution in [0.15, 0.2) is 24.4 Å². The predicted molar refractivity (Wildman–Crippen MR) is 90.3 cm³/mol. The molecule has 1 heterocycles. The fraction of sp³-hybridized carbons (Fsp3) is 0.471. The molecule has 1 unspecified atom stereocenters. The van der Waals surface area contributed by atoms with Gasteiger partial charge in [-0.1, -0.05) is 0 Å². The maximum atomic E-state index is 10.4. The van der Waals surface area contributed by atoms with Crippen LogP contribution < -0.4 is 14.8 Å². The first-order valence-corrected chi connectivity index (χ1v) is 8.58. The van der Waals surface area contributed by atoms with Crippen molar-refractivity contribution in [3.63, 3.8) is 0 Å². The van der Waals surface area contributed by atoms with Gasteiger partial charge in [0.15, 0.2) is 0 Å². The summed E-state index contributed by atoms with van der Waals surface area (Å²) in [5.74, 6) is 2.06. The number of hydrogen-bond donors (Lipinski definition) is 2. The van der Waals surface area contributed by atoms with Crippen LogP contribution in [0.4, 0.5) is 0 Å². The van der Waals surface area contributed by atoms with E-state index in [-0.39, 0.29) is 0 Å². The highest BCUT2D eigenvalue weighted by Gasteiger charge is 2.26. The summed E-state index contributed by atoms with van der Waals surface area (Å²) >= 11 is 1.76. The zero-order chi connectivity index (χ0) is 16.2. The Balaban J connectivity index is 1.56. The summed E-state index contributed by atoms with van der Waals surface area (Å²) in [7, 11) is 3.21. The Kier molecular flexibility index (Phi) is 5.15. The Morgan fingerprint density at radius 2 is 2.17 bits per heavy atom. The summed E-state index contributed by atoms with van der Waals surface area (Å²) in [6, 6.07) is 5.44. The molecule has 1 aromatic heterocycles. The summed E-state index contributed by atoms with van der Waals surface area (Å²) in [5.41, 5.74) is 0.724. The van der Waals surface area contributed by atoms with Gasteiger partial charge in [-0.05, 0) is 31.0 Å². The molecule has 1 aliphatic rings. The van der Waals surface area contributed by atoms with E-state index in [0.29, 0.717) is 30.5 Å². The number of methoxy groups -OCH3 is 2. The first kappa shape index (κ1) is 16.2. The molecule has 23 heavy (non-hydrogen) atoms. The van der Waals surface area contributed by atoms with Crippen molar-refractivity contribution >= 4 is 11.3 Å². The molecule has 2 aromatic rings. The van der Waals surface area contributed by atoms with Gasteiger partial charge < -0.3 is 19.9 Å². The van der Waals surface area contributed by atoms with Crippen LogP contribution in [0.1, 0.15) is 40.3 Å². The lowest BCUT2D eigenvalue weighted by Crippen LogP contribution is -2.21. The fourth-order valence-electron chi connectivity index (χ4n) is 2.47. The predicted octanol–water partition coefficient (Wildman–Crippen LogP) is 2.86. The van der Waals surface area contributed by atoms with Crippen molar-refractivity contribution < 1.29 is 14.6 Å². The largest absolute Gasteiger partial charge is 0.497 e. The highest BCUT2D eigenvalue weighted by molar-refractivity contribution is 7.11. The first-order valence-electron chi connectivity index (χ1n) is 7.76. The maximum Gasteiger partial charge on any atom is 0.124 e. The summed E-state index contributed by atoms with van der Waals surface area (Å²) in [5, 5.41) is 15.0. The van der Waals surface area contributed by atoms with E-state index >= 15 is 0 Å². The lowest BCUT2D eigenvalue weighted by atomic mass is 10.1. The quantitative estimate of drug-likeness (QED) is 0.777. The van der Waals surface area contributed by atoms with Gasteiger partial charge in [0, 0.05) is 35.6 Å². The second-order valence-electron chi connectivity index (χ2n) is 5.69. The van der Waals surface area contributed by atoms with Gasteiger partial charge in [0.05, 0.1) is 25.3 Å². The zero-order valence-corrected chi connectivity index (χ0v) is 14.2. The summed E-state index contributed by atoms with van der Waals surface area (Å²) < 4.78 is 10.5. The minimum absolute atomic E-state index is 0.445. The van der Waals surface area contributed by atoms with Crippen LogP contribution in [-0.4, -0.2) is 30.9 Å². The molecule has 0 radical (unpaired) electrons. The van der Waals surface area contributed by atoms with Crippen molar-refractivity contribution in [2.24, 2.45) is 0 Å². The molecule has 0 saturated heterocycles. The van der Waals surface area contributed by atoms with E-state index in [4.69, 9.17) is 9.47 Å². The molecule has 1 atom stereocenters. The molecule has 3 rings (SSSR count). The van der Waals surface area contributed by atoms with Gasteiger partial charge in [0.2, 0.25) is 0 Å². The average molecular weight is 334 g/mol. The number of thiazole rings is 1. The van der Waals surface area contributed by atoms with E-state index in [0.717, 1.165) is 5.56 Å². The molecule has 124 valence electrons. The number of aliphatic hydroxyl groups excluding tert-OH is 1. The van der Waals surface area contributed by atoms with Crippen LogP contribution in [0.2, 0.25) is 0 Å². The number of rotatable bonds is 8. The number of nitrogens with zero attached hydrogens (tertiary/aromatic N) is 1. The van der Waals surface area contributed by atoms with Gasteiger partial charge in [-0.3, -0.25) is 0 Å². The SMILES string of the molecule is COc1ccc(OC)c(C(O)CNCc2cnc(C3CC3)s2)c1. The summed E-state index contributed by atoms with van der Waals surface area (Å²) in [6.07, 6.45) is 3.82. The van der Waals surface area contributed by atoms with Crippen molar-refractivity contribution in [2.45, 2.75) is 31.4 Å². The monoisotopic (exact) mass is 334 g/mol. The van der Waals surface area contributed by atoms with Crippen molar-refractivity contribution in [1.82, 2.24) is 10.3 Å². The molecule has 5 nitrogen and oxygen atoms in total. The highest BCUT2D eigenvalue weighted by atomic mass is 32.1. The molecular weight excluding hydrogens is 312 g/mol. The summed E-state index contributed by atoms with van der Waals surface area (Å²) in [4.78, 5) is 5.67. The van der Waals surface area contributed by atoms with Crippen LogP contribution >= 0.6 is 11.3 Å². The molecule has 1 saturated carbocycles. The Labute approximate surface area is 140 Å². The minimum Gasteiger partial charge on any atom is -0.497 e. The number of hydrogen-bond acceptors (Lipinski definition) is 6. The Morgan fingerprint density at radius 1 is 1.35 bits per heavy atom. The smallest absolute Gasteiger partial charge is 0.124 e. The normalized spacial score (nSPS) is 15.4. The van der Waals surface area contributed by atoms with Crippen LogP contribution in [-0.2, 0) is 6.54 Å². The van der Waals surface area contributed by atoms with Crippen LogP contribution in [0.5, 0.6) is 11.5 Å². The minimum atomic E-state index is -0.657. The van der Waals surface area contributed by atoms with Crippen molar-refractivity contribution in [3.05, 3.63) is 39.8 Å². The zero-order valence-electron chi connectivity index (χ0n) is 13.4. The topological polar surface area (TPSA) is 63.6 Å². The van der Waals surface area contributed by atoms with E-state index < -0.39 is 6.10 Å². The Morgan fingerprint density at radius 3 is 2.87 bits per heavy atom. The molecular formula is C17H22N2O3S. The van der Waals surface area contributed by atoms with Crippen LogP contribution in [0.3, 0.4) is 0 Å². The third-order valence-corrected chi connectivity index (χ3v) is 5.09. The third-order valence-electron chi connectivity index (χ3n) is 3.93. The van der Waals surface area contributed by atoms with Gasteiger partial charge in [-0.25, -0.2) is 4.98 Å². The average Bonchev–Trinajstić information content (AvgIpc) is 3.33. The van der Waals surface area contributed by atoms with Gasteiger partial charge in [0.1, 0.15) is 11.5 Å². The Hall–Kier alpha value is -1.63. The number of nitrogens with one attached hydrogen (secondary N) is 1. The molecule has 0 bridgehead atoms. The van der Waals surface area contributed by atoms with Crippen LogP contribution in [0, 0.1) is 0 Å². The van der Waals surface area contributed by atoms with E-state index in [1.165, 1.54) is 22.7 Å². The molecule has 1 aromatic carbocycles.